The fraction of sp³-hybridized carbons (Fsp3) is 1.00. The second kappa shape index (κ2) is 4.47. The van der Waals surface area contributed by atoms with E-state index in [1.54, 1.807) is 0 Å². The normalized spacial score (nSPS) is 27.3. The van der Waals surface area contributed by atoms with Crippen molar-refractivity contribution in [1.82, 2.24) is 8.02 Å². The third-order valence-electron chi connectivity index (χ3n) is 3.47. The Morgan fingerprint density at radius 1 is 1.13 bits per heavy atom. The highest BCUT2D eigenvalue weighted by Crippen LogP contribution is 2.61. The molecule has 1 unspecified atom stereocenters. The summed E-state index contributed by atoms with van der Waals surface area (Å²) in [7, 11) is 0.981. The van der Waals surface area contributed by atoms with Crippen LogP contribution in [0.15, 0.2) is 0 Å². The Morgan fingerprint density at radius 2 is 1.67 bits per heavy atom. The first-order chi connectivity index (χ1) is 6.67. The first-order valence-corrected chi connectivity index (χ1v) is 10.8. The van der Waals surface area contributed by atoms with E-state index in [1.165, 1.54) is 19.4 Å². The lowest BCUT2D eigenvalue weighted by atomic mass is 10.3. The molecular formula is C11H28N2S2. The minimum Gasteiger partial charge on any atom is -0.253 e. The molecule has 1 atom stereocenters. The monoisotopic (exact) mass is 252 g/mol. The van der Waals surface area contributed by atoms with Gasteiger partial charge in [0.2, 0.25) is 0 Å². The van der Waals surface area contributed by atoms with Crippen molar-refractivity contribution in [3.05, 3.63) is 0 Å². The molecule has 0 N–H and O–H groups in total. The topological polar surface area (TPSA) is 6.48 Å². The van der Waals surface area contributed by atoms with Gasteiger partial charge in [0.1, 0.15) is 0 Å². The van der Waals surface area contributed by atoms with Crippen molar-refractivity contribution in [3.63, 3.8) is 0 Å². The molecule has 0 radical (unpaired) electrons. The van der Waals surface area contributed by atoms with Crippen LogP contribution in [0.4, 0.5) is 0 Å². The first kappa shape index (κ1) is 13.7. The maximum atomic E-state index is 2.74. The van der Waals surface area contributed by atoms with Crippen molar-refractivity contribution in [3.8, 4) is 0 Å². The molecular weight excluding hydrogens is 224 g/mol. The second-order valence-corrected chi connectivity index (χ2v) is 13.3. The predicted octanol–water partition coefficient (Wildman–Crippen LogP) is 2.91. The molecule has 1 fully saturated rings. The van der Waals surface area contributed by atoms with E-state index in [-0.39, 0.29) is 0 Å². The molecule has 1 aliphatic rings. The molecule has 94 valence electrons. The molecule has 4 heteroatoms. The largest absolute Gasteiger partial charge is 0.253 e. The van der Waals surface area contributed by atoms with E-state index in [0.717, 1.165) is 6.04 Å². The van der Waals surface area contributed by atoms with E-state index in [0.29, 0.717) is 0 Å². The number of rotatable bonds is 3. The Balaban J connectivity index is 2.81. The Kier molecular flexibility index (Phi) is 4.08. The summed E-state index contributed by atoms with van der Waals surface area (Å²) in [4.78, 5) is 0. The maximum Gasteiger partial charge on any atom is 0.0171 e. The van der Waals surface area contributed by atoms with Gasteiger partial charge in [-0.15, -0.1) is 10.4 Å². The summed E-state index contributed by atoms with van der Waals surface area (Å²) in [6, 6.07) is 0.777. The van der Waals surface area contributed by atoms with Gasteiger partial charge in [-0.3, -0.25) is 4.31 Å². The van der Waals surface area contributed by atoms with Crippen LogP contribution in [0.1, 0.15) is 19.8 Å². The summed E-state index contributed by atoms with van der Waals surface area (Å²) in [5.74, 6) is 0. The van der Waals surface area contributed by atoms with Crippen LogP contribution in [0, 0.1) is 0 Å². The van der Waals surface area contributed by atoms with Crippen LogP contribution in [0.25, 0.3) is 0 Å². The van der Waals surface area contributed by atoms with E-state index in [4.69, 9.17) is 0 Å². The quantitative estimate of drug-likeness (QED) is 0.762. The zero-order chi connectivity index (χ0) is 11.9. The summed E-state index contributed by atoms with van der Waals surface area (Å²) in [5.41, 5.74) is 0. The smallest absolute Gasteiger partial charge is 0.0171 e. The minimum atomic E-state index is -0.742. The molecule has 15 heavy (non-hydrogen) atoms. The number of hydrogen-bond donors (Lipinski definition) is 0. The van der Waals surface area contributed by atoms with E-state index in [2.05, 4.69) is 53.3 Å². The van der Waals surface area contributed by atoms with Gasteiger partial charge < -0.3 is 0 Å². The molecule has 0 aromatic carbocycles. The molecule has 0 aliphatic carbocycles. The van der Waals surface area contributed by atoms with Crippen LogP contribution in [-0.2, 0) is 0 Å². The van der Waals surface area contributed by atoms with E-state index in [1.807, 2.05) is 0 Å². The fourth-order valence-electron chi connectivity index (χ4n) is 2.27. The number of hydrogen-bond acceptors (Lipinski definition) is 2. The van der Waals surface area contributed by atoms with Crippen LogP contribution in [0.5, 0.6) is 0 Å². The van der Waals surface area contributed by atoms with Gasteiger partial charge in [-0.25, -0.2) is 3.71 Å². The SMILES string of the molecule is CC1CCCN1S(C)(C)N(C)S(C)(C)C. The highest BCUT2D eigenvalue weighted by Gasteiger charge is 2.35. The van der Waals surface area contributed by atoms with Crippen molar-refractivity contribution in [2.24, 2.45) is 0 Å². The molecule has 0 spiro atoms. The van der Waals surface area contributed by atoms with Gasteiger partial charge in [-0.05, 0) is 51.0 Å². The van der Waals surface area contributed by atoms with Crippen LogP contribution in [-0.4, -0.2) is 58.9 Å². The maximum absolute atomic E-state index is 2.74. The highest BCUT2D eigenvalue weighted by molar-refractivity contribution is 8.43. The molecule has 1 aliphatic heterocycles. The van der Waals surface area contributed by atoms with Crippen LogP contribution < -0.4 is 0 Å². The van der Waals surface area contributed by atoms with E-state index in [9.17, 15) is 0 Å². The Labute approximate surface area is 99.4 Å². The van der Waals surface area contributed by atoms with E-state index >= 15 is 0 Å². The summed E-state index contributed by atoms with van der Waals surface area (Å²) in [6.45, 7) is 3.68. The Morgan fingerprint density at radius 3 is 2.00 bits per heavy atom. The molecule has 0 amide bonds. The molecule has 0 bridgehead atoms. The Bertz CT molecular complexity index is 219. The fourth-order valence-corrected chi connectivity index (χ4v) is 8.76. The van der Waals surface area contributed by atoms with Crippen LogP contribution in [0.2, 0.25) is 0 Å². The zero-order valence-corrected chi connectivity index (χ0v) is 13.0. The average molecular weight is 252 g/mol. The summed E-state index contributed by atoms with van der Waals surface area (Å²) in [5, 5.41) is 0. The van der Waals surface area contributed by atoms with Crippen molar-refractivity contribution < 1.29 is 0 Å². The van der Waals surface area contributed by atoms with Gasteiger partial charge in [-0.1, -0.05) is 0 Å². The summed E-state index contributed by atoms with van der Waals surface area (Å²) < 4.78 is 5.40. The summed E-state index contributed by atoms with van der Waals surface area (Å²) >= 11 is 0. The predicted molar refractivity (Wildman–Crippen MR) is 78.0 cm³/mol. The molecule has 2 nitrogen and oxygen atoms in total. The zero-order valence-electron chi connectivity index (χ0n) is 11.4. The molecule has 1 rings (SSSR count). The number of nitrogens with zero attached hydrogens (tertiary/aromatic N) is 2. The lowest BCUT2D eigenvalue weighted by Gasteiger charge is -2.56. The van der Waals surface area contributed by atoms with Crippen molar-refractivity contribution in [2.45, 2.75) is 25.8 Å². The van der Waals surface area contributed by atoms with Gasteiger partial charge in [0.05, 0.1) is 0 Å². The van der Waals surface area contributed by atoms with Crippen molar-refractivity contribution in [2.75, 3.05) is 44.9 Å². The first-order valence-electron chi connectivity index (χ1n) is 5.60. The minimum absolute atomic E-state index is 0.593. The van der Waals surface area contributed by atoms with Crippen molar-refractivity contribution >= 4 is 20.6 Å². The second-order valence-electron chi connectivity index (χ2n) is 5.56. The van der Waals surface area contributed by atoms with Gasteiger partial charge in [-0.2, -0.15) is 10.2 Å². The van der Waals surface area contributed by atoms with Crippen LogP contribution >= 0.6 is 20.6 Å². The third-order valence-corrected chi connectivity index (χ3v) is 10.4. The van der Waals surface area contributed by atoms with Gasteiger partial charge in [0.15, 0.2) is 0 Å². The molecule has 1 saturated heterocycles. The molecule has 0 aromatic rings. The molecule has 0 saturated carbocycles. The standard InChI is InChI=1S/C11H28N2S2/c1-11-9-8-10-13(11)15(6,7)12(2)14(3,4)5/h11H,8-10H2,1-7H3. The average Bonchev–Trinajstić information content (AvgIpc) is 2.48. The van der Waals surface area contributed by atoms with Crippen molar-refractivity contribution in [1.29, 1.82) is 0 Å². The summed E-state index contributed by atoms with van der Waals surface area (Å²) in [6.07, 6.45) is 14.8. The lowest BCUT2D eigenvalue weighted by Crippen LogP contribution is -2.39. The van der Waals surface area contributed by atoms with E-state index < -0.39 is 20.6 Å². The third kappa shape index (κ3) is 2.84. The van der Waals surface area contributed by atoms with Crippen LogP contribution in [0.3, 0.4) is 0 Å². The highest BCUT2D eigenvalue weighted by atomic mass is 32.3. The van der Waals surface area contributed by atoms with Gasteiger partial charge in [0.25, 0.3) is 0 Å². The lowest BCUT2D eigenvalue weighted by molar-refractivity contribution is 0.444. The van der Waals surface area contributed by atoms with Gasteiger partial charge in [0, 0.05) is 19.6 Å². The molecule has 0 aromatic heterocycles. The molecule has 1 heterocycles. The Hall–Kier alpha value is 0.620. The van der Waals surface area contributed by atoms with Gasteiger partial charge >= 0.3 is 0 Å².